The van der Waals surface area contributed by atoms with Crippen molar-refractivity contribution in [3.8, 4) is 6.07 Å². The Bertz CT molecular complexity index is 442. The van der Waals surface area contributed by atoms with Crippen LogP contribution in [-0.2, 0) is 9.53 Å². The summed E-state index contributed by atoms with van der Waals surface area (Å²) in [7, 11) is 0. The van der Waals surface area contributed by atoms with Crippen LogP contribution in [0.1, 0.15) is 6.92 Å². The topological polar surface area (TPSA) is 75.0 Å². The Labute approximate surface area is 104 Å². The molecule has 5 nitrogen and oxygen atoms in total. The second kappa shape index (κ2) is 6.55. The van der Waals surface area contributed by atoms with Crippen molar-refractivity contribution < 1.29 is 9.53 Å². The minimum absolute atomic E-state index is 0.0876. The number of thiocarbonyl (C=S) groups is 1. The molecule has 1 heterocycles. The predicted octanol–water partition coefficient (Wildman–Crippen LogP) is 1.52. The molecule has 1 aromatic rings. The number of nitriles is 1. The predicted molar refractivity (Wildman–Crippen MR) is 66.2 cm³/mol. The van der Waals surface area contributed by atoms with E-state index in [4.69, 9.17) is 22.2 Å². The molecule has 0 amide bonds. The smallest absolute Gasteiger partial charge is 0.330 e. The summed E-state index contributed by atoms with van der Waals surface area (Å²) in [6.07, 6.45) is 1.58. The van der Waals surface area contributed by atoms with Gasteiger partial charge >= 0.3 is 5.97 Å². The van der Waals surface area contributed by atoms with Crippen LogP contribution in [0, 0.1) is 17.2 Å². The summed E-state index contributed by atoms with van der Waals surface area (Å²) in [6.45, 7) is 1.88. The first-order valence-corrected chi connectivity index (χ1v) is 5.38. The van der Waals surface area contributed by atoms with Crippen molar-refractivity contribution in [3.05, 3.63) is 24.4 Å². The molecule has 1 atom stereocenters. The summed E-state index contributed by atoms with van der Waals surface area (Å²) in [6, 6.07) is 7.01. The SMILES string of the molecule is CCOC(=O)[C@@H](C#N)C(=S)Nc1ccccn1. The molecule has 0 radical (unpaired) electrons. The molecular weight excluding hydrogens is 238 g/mol. The van der Waals surface area contributed by atoms with Crippen molar-refractivity contribution in [3.63, 3.8) is 0 Å². The Morgan fingerprint density at radius 1 is 1.71 bits per heavy atom. The fraction of sp³-hybridized carbons (Fsp3) is 0.273. The lowest BCUT2D eigenvalue weighted by atomic mass is 10.2. The van der Waals surface area contributed by atoms with Crippen LogP contribution in [0.25, 0.3) is 0 Å². The number of nitrogens with one attached hydrogen (secondary N) is 1. The van der Waals surface area contributed by atoms with Gasteiger partial charge in [-0.25, -0.2) is 4.98 Å². The maximum atomic E-state index is 11.4. The van der Waals surface area contributed by atoms with Gasteiger partial charge in [0, 0.05) is 6.20 Å². The van der Waals surface area contributed by atoms with Gasteiger partial charge in [0.2, 0.25) is 0 Å². The zero-order valence-electron chi connectivity index (χ0n) is 9.21. The van der Waals surface area contributed by atoms with Crippen LogP contribution in [-0.4, -0.2) is 22.5 Å². The Kier molecular flexibility index (Phi) is 5.04. The van der Waals surface area contributed by atoms with Gasteiger partial charge in [-0.2, -0.15) is 5.26 Å². The van der Waals surface area contributed by atoms with Crippen molar-refractivity contribution in [2.45, 2.75) is 6.92 Å². The van der Waals surface area contributed by atoms with Crippen LogP contribution in [0.5, 0.6) is 0 Å². The Balaban J connectivity index is 2.69. The molecule has 0 saturated heterocycles. The van der Waals surface area contributed by atoms with E-state index in [2.05, 4.69) is 10.3 Å². The molecule has 88 valence electrons. The molecule has 17 heavy (non-hydrogen) atoms. The quantitative estimate of drug-likeness (QED) is 0.644. The van der Waals surface area contributed by atoms with Crippen LogP contribution in [0.15, 0.2) is 24.4 Å². The third-order valence-corrected chi connectivity index (χ3v) is 2.17. The number of ether oxygens (including phenoxy) is 1. The number of anilines is 1. The third-order valence-electron chi connectivity index (χ3n) is 1.83. The summed E-state index contributed by atoms with van der Waals surface area (Å²) in [5, 5.41) is 11.6. The lowest BCUT2D eigenvalue weighted by molar-refractivity contribution is -0.143. The average Bonchev–Trinajstić information content (AvgIpc) is 2.31. The van der Waals surface area contributed by atoms with Gasteiger partial charge in [-0.1, -0.05) is 18.3 Å². The van der Waals surface area contributed by atoms with Crippen LogP contribution >= 0.6 is 12.2 Å². The highest BCUT2D eigenvalue weighted by atomic mass is 32.1. The molecule has 0 aliphatic carbocycles. The fourth-order valence-electron chi connectivity index (χ4n) is 1.08. The number of carbonyl (C=O) groups excluding carboxylic acids is 1. The van der Waals surface area contributed by atoms with Crippen molar-refractivity contribution in [2.24, 2.45) is 5.92 Å². The Morgan fingerprint density at radius 2 is 2.47 bits per heavy atom. The van der Waals surface area contributed by atoms with Crippen molar-refractivity contribution in [1.82, 2.24) is 4.98 Å². The highest BCUT2D eigenvalue weighted by Crippen LogP contribution is 2.07. The second-order valence-electron chi connectivity index (χ2n) is 3.02. The minimum atomic E-state index is -1.10. The number of esters is 1. The van der Waals surface area contributed by atoms with E-state index in [-0.39, 0.29) is 11.6 Å². The molecule has 1 N–H and O–H groups in total. The first-order valence-electron chi connectivity index (χ1n) is 4.97. The summed E-state index contributed by atoms with van der Waals surface area (Å²) < 4.78 is 4.74. The number of rotatable bonds is 4. The van der Waals surface area contributed by atoms with Crippen LogP contribution < -0.4 is 5.32 Å². The number of aromatic nitrogens is 1. The summed E-state index contributed by atoms with van der Waals surface area (Å²) >= 11 is 4.97. The maximum Gasteiger partial charge on any atom is 0.330 e. The van der Waals surface area contributed by atoms with Gasteiger partial charge < -0.3 is 10.1 Å². The number of nitrogens with zero attached hydrogens (tertiary/aromatic N) is 2. The second-order valence-corrected chi connectivity index (χ2v) is 3.46. The van der Waals surface area contributed by atoms with Crippen molar-refractivity contribution in [1.29, 1.82) is 5.26 Å². The maximum absolute atomic E-state index is 11.4. The molecule has 0 aromatic carbocycles. The van der Waals surface area contributed by atoms with Crippen molar-refractivity contribution in [2.75, 3.05) is 11.9 Å². The molecule has 0 fully saturated rings. The highest BCUT2D eigenvalue weighted by molar-refractivity contribution is 7.80. The molecule has 1 aromatic heterocycles. The molecule has 6 heteroatoms. The van der Waals surface area contributed by atoms with E-state index in [0.717, 1.165) is 0 Å². The largest absolute Gasteiger partial charge is 0.465 e. The fourth-order valence-corrected chi connectivity index (χ4v) is 1.33. The Morgan fingerprint density at radius 3 is 3.00 bits per heavy atom. The molecule has 0 spiro atoms. The van der Waals surface area contributed by atoms with Gasteiger partial charge in [-0.15, -0.1) is 0 Å². The monoisotopic (exact) mass is 249 g/mol. The Hall–Kier alpha value is -2.00. The normalized spacial score (nSPS) is 11.1. The lowest BCUT2D eigenvalue weighted by Gasteiger charge is -2.11. The van der Waals surface area contributed by atoms with Gasteiger partial charge in [0.05, 0.1) is 12.7 Å². The molecule has 0 saturated carbocycles. The number of carbonyl (C=O) groups is 1. The van der Waals surface area contributed by atoms with E-state index in [0.29, 0.717) is 5.82 Å². The number of hydrogen-bond acceptors (Lipinski definition) is 5. The zero-order chi connectivity index (χ0) is 12.7. The van der Waals surface area contributed by atoms with Crippen LogP contribution in [0.2, 0.25) is 0 Å². The van der Waals surface area contributed by atoms with E-state index in [1.54, 1.807) is 37.4 Å². The van der Waals surface area contributed by atoms with Crippen molar-refractivity contribution >= 4 is 29.0 Å². The van der Waals surface area contributed by atoms with Gasteiger partial charge in [0.1, 0.15) is 10.8 Å². The third kappa shape index (κ3) is 3.81. The molecule has 1 rings (SSSR count). The van der Waals surface area contributed by atoms with E-state index in [1.165, 1.54) is 0 Å². The average molecular weight is 249 g/mol. The zero-order valence-corrected chi connectivity index (χ0v) is 10.0. The minimum Gasteiger partial charge on any atom is -0.465 e. The molecule has 0 unspecified atom stereocenters. The molecular formula is C11H11N3O2S. The summed E-state index contributed by atoms with van der Waals surface area (Å²) in [4.78, 5) is 15.5. The molecule has 0 aliphatic rings. The first kappa shape index (κ1) is 13.1. The van der Waals surface area contributed by atoms with E-state index in [9.17, 15) is 4.79 Å². The summed E-state index contributed by atoms with van der Waals surface area (Å²) in [5.74, 6) is -1.27. The van der Waals surface area contributed by atoms with E-state index >= 15 is 0 Å². The molecule has 0 aliphatic heterocycles. The standard InChI is InChI=1S/C11H11N3O2S/c1-2-16-11(15)8(7-12)10(17)14-9-5-3-4-6-13-9/h3-6,8H,2H2,1H3,(H,13,14,17)/t8-/m0/s1. The van der Waals surface area contributed by atoms with Gasteiger partial charge in [-0.3, -0.25) is 4.79 Å². The van der Waals surface area contributed by atoms with E-state index < -0.39 is 11.9 Å². The van der Waals surface area contributed by atoms with Crippen LogP contribution in [0.4, 0.5) is 5.82 Å². The van der Waals surface area contributed by atoms with Gasteiger partial charge in [0.15, 0.2) is 5.92 Å². The first-order chi connectivity index (χ1) is 8.19. The highest BCUT2D eigenvalue weighted by Gasteiger charge is 2.24. The molecule has 0 bridgehead atoms. The van der Waals surface area contributed by atoms with Gasteiger partial charge in [-0.05, 0) is 19.1 Å². The lowest BCUT2D eigenvalue weighted by Crippen LogP contribution is -2.28. The van der Waals surface area contributed by atoms with Crippen LogP contribution in [0.3, 0.4) is 0 Å². The van der Waals surface area contributed by atoms with E-state index in [1.807, 2.05) is 0 Å². The number of pyridine rings is 1. The number of hydrogen-bond donors (Lipinski definition) is 1. The summed E-state index contributed by atoms with van der Waals surface area (Å²) in [5.41, 5.74) is 0. The van der Waals surface area contributed by atoms with Gasteiger partial charge in [0.25, 0.3) is 0 Å².